The molecule has 0 spiro atoms. The van der Waals surface area contributed by atoms with E-state index >= 15 is 0 Å². The van der Waals surface area contributed by atoms with Crippen molar-refractivity contribution in [1.29, 1.82) is 0 Å². The minimum atomic E-state index is 0.0682. The van der Waals surface area contributed by atoms with Crippen molar-refractivity contribution in [2.75, 3.05) is 0 Å². The van der Waals surface area contributed by atoms with Gasteiger partial charge in [-0.3, -0.25) is 0 Å². The zero-order chi connectivity index (χ0) is 9.97. The van der Waals surface area contributed by atoms with E-state index in [4.69, 9.17) is 17.3 Å². The predicted octanol–water partition coefficient (Wildman–Crippen LogP) is 2.96. The van der Waals surface area contributed by atoms with Gasteiger partial charge in [0.25, 0.3) is 0 Å². The summed E-state index contributed by atoms with van der Waals surface area (Å²) in [4.78, 5) is 3.10. The highest BCUT2D eigenvalue weighted by Crippen LogP contribution is 2.20. The SMILES string of the molecule is OCc1cccc(-c2csc(=S)[nH]2)c1. The fraction of sp³-hybridized carbons (Fsp3) is 0.100. The first-order valence-corrected chi connectivity index (χ1v) is 5.46. The van der Waals surface area contributed by atoms with Gasteiger partial charge in [-0.25, -0.2) is 0 Å². The third-order valence-electron chi connectivity index (χ3n) is 1.94. The molecule has 1 heterocycles. The van der Waals surface area contributed by atoms with Gasteiger partial charge in [-0.05, 0) is 29.4 Å². The molecule has 2 nitrogen and oxygen atoms in total. The number of hydrogen-bond acceptors (Lipinski definition) is 3. The molecule has 2 rings (SSSR count). The Morgan fingerprint density at radius 3 is 2.93 bits per heavy atom. The van der Waals surface area contributed by atoms with Crippen LogP contribution in [0.4, 0.5) is 0 Å². The molecule has 0 bridgehead atoms. The van der Waals surface area contributed by atoms with Crippen LogP contribution in [0.15, 0.2) is 29.6 Å². The van der Waals surface area contributed by atoms with Gasteiger partial charge in [0.2, 0.25) is 0 Å². The molecule has 1 aromatic heterocycles. The number of hydrogen-bond donors (Lipinski definition) is 2. The second-order valence-electron chi connectivity index (χ2n) is 2.92. The predicted molar refractivity (Wildman–Crippen MR) is 60.9 cm³/mol. The number of aliphatic hydroxyl groups is 1. The van der Waals surface area contributed by atoms with E-state index in [1.807, 2.05) is 29.6 Å². The summed E-state index contributed by atoms with van der Waals surface area (Å²) in [5, 5.41) is 11.0. The summed E-state index contributed by atoms with van der Waals surface area (Å²) >= 11 is 6.52. The molecular formula is C10H9NOS2. The van der Waals surface area contributed by atoms with E-state index in [0.29, 0.717) is 0 Å². The van der Waals surface area contributed by atoms with E-state index in [0.717, 1.165) is 20.8 Å². The number of H-pyrrole nitrogens is 1. The minimum absolute atomic E-state index is 0.0682. The first-order valence-electron chi connectivity index (χ1n) is 4.17. The number of aliphatic hydroxyl groups excluding tert-OH is 1. The van der Waals surface area contributed by atoms with Gasteiger partial charge in [0.1, 0.15) is 0 Å². The molecule has 0 aliphatic rings. The van der Waals surface area contributed by atoms with Crippen molar-refractivity contribution in [3.63, 3.8) is 0 Å². The number of aromatic nitrogens is 1. The van der Waals surface area contributed by atoms with Gasteiger partial charge in [0, 0.05) is 5.38 Å². The molecule has 1 aromatic carbocycles. The molecule has 0 aliphatic heterocycles. The second-order valence-corrected chi connectivity index (χ2v) is 4.47. The molecule has 2 N–H and O–H groups in total. The molecule has 0 unspecified atom stereocenters. The topological polar surface area (TPSA) is 36.0 Å². The third kappa shape index (κ3) is 1.92. The lowest BCUT2D eigenvalue weighted by atomic mass is 10.1. The summed E-state index contributed by atoms with van der Waals surface area (Å²) in [6.45, 7) is 0.0682. The molecule has 0 amide bonds. The largest absolute Gasteiger partial charge is 0.392 e. The van der Waals surface area contributed by atoms with Crippen LogP contribution in [0.1, 0.15) is 5.56 Å². The average Bonchev–Trinajstić information content (AvgIpc) is 2.65. The molecule has 4 heteroatoms. The fourth-order valence-electron chi connectivity index (χ4n) is 1.26. The Morgan fingerprint density at radius 1 is 1.43 bits per heavy atom. The van der Waals surface area contributed by atoms with Crippen molar-refractivity contribution >= 4 is 23.6 Å². The molecule has 0 saturated carbocycles. The van der Waals surface area contributed by atoms with Crippen LogP contribution in [0.3, 0.4) is 0 Å². The summed E-state index contributed by atoms with van der Waals surface area (Å²) in [6, 6.07) is 7.76. The summed E-state index contributed by atoms with van der Waals surface area (Å²) in [5.41, 5.74) is 2.98. The average molecular weight is 223 g/mol. The highest BCUT2D eigenvalue weighted by atomic mass is 32.1. The maximum Gasteiger partial charge on any atom is 0.158 e. The van der Waals surface area contributed by atoms with Crippen LogP contribution in [0.2, 0.25) is 0 Å². The number of nitrogens with one attached hydrogen (secondary N) is 1. The van der Waals surface area contributed by atoms with E-state index in [9.17, 15) is 0 Å². The van der Waals surface area contributed by atoms with Gasteiger partial charge < -0.3 is 10.1 Å². The third-order valence-corrected chi connectivity index (χ3v) is 3.00. The van der Waals surface area contributed by atoms with Crippen molar-refractivity contribution in [1.82, 2.24) is 4.98 Å². The van der Waals surface area contributed by atoms with E-state index < -0.39 is 0 Å². The lowest BCUT2D eigenvalue weighted by molar-refractivity contribution is 0.282. The van der Waals surface area contributed by atoms with E-state index in [1.165, 1.54) is 11.3 Å². The normalized spacial score (nSPS) is 10.4. The Hall–Kier alpha value is -0.970. The van der Waals surface area contributed by atoms with Gasteiger partial charge in [-0.1, -0.05) is 18.2 Å². The second kappa shape index (κ2) is 4.04. The van der Waals surface area contributed by atoms with Crippen molar-refractivity contribution in [2.24, 2.45) is 0 Å². The Kier molecular flexibility index (Phi) is 2.77. The first kappa shape index (κ1) is 9.58. The molecule has 0 aliphatic carbocycles. The van der Waals surface area contributed by atoms with Crippen LogP contribution in [-0.2, 0) is 6.61 Å². The minimum Gasteiger partial charge on any atom is -0.392 e. The first-order chi connectivity index (χ1) is 6.79. The summed E-state index contributed by atoms with van der Waals surface area (Å²) in [5.74, 6) is 0. The number of benzene rings is 1. The Labute approximate surface area is 90.9 Å². The van der Waals surface area contributed by atoms with Gasteiger partial charge in [0.15, 0.2) is 3.95 Å². The number of aromatic amines is 1. The fourth-order valence-corrected chi connectivity index (χ4v) is 2.10. The molecule has 14 heavy (non-hydrogen) atoms. The quantitative estimate of drug-likeness (QED) is 0.768. The van der Waals surface area contributed by atoms with Crippen LogP contribution >= 0.6 is 23.6 Å². The van der Waals surface area contributed by atoms with Crippen LogP contribution < -0.4 is 0 Å². The molecule has 0 fully saturated rings. The van der Waals surface area contributed by atoms with Crippen LogP contribution in [0, 0.1) is 3.95 Å². The lowest BCUT2D eigenvalue weighted by Gasteiger charge is -1.99. The molecule has 2 aromatic rings. The summed E-state index contributed by atoms with van der Waals surface area (Å²) < 4.78 is 0.773. The van der Waals surface area contributed by atoms with Crippen molar-refractivity contribution in [3.05, 3.63) is 39.2 Å². The van der Waals surface area contributed by atoms with E-state index in [2.05, 4.69) is 4.98 Å². The van der Waals surface area contributed by atoms with Gasteiger partial charge in [-0.15, -0.1) is 11.3 Å². The Bertz CT molecular complexity index is 487. The summed E-state index contributed by atoms with van der Waals surface area (Å²) in [7, 11) is 0. The van der Waals surface area contributed by atoms with E-state index in [-0.39, 0.29) is 6.61 Å². The monoisotopic (exact) mass is 223 g/mol. The highest BCUT2D eigenvalue weighted by molar-refractivity contribution is 7.73. The molecule has 0 atom stereocenters. The van der Waals surface area contributed by atoms with Crippen LogP contribution in [-0.4, -0.2) is 10.1 Å². The van der Waals surface area contributed by atoms with Crippen LogP contribution in [0.25, 0.3) is 11.3 Å². The van der Waals surface area contributed by atoms with Gasteiger partial charge in [-0.2, -0.15) is 0 Å². The molecule has 72 valence electrons. The van der Waals surface area contributed by atoms with Crippen LogP contribution in [0.5, 0.6) is 0 Å². The molecule has 0 radical (unpaired) electrons. The Morgan fingerprint density at radius 2 is 2.29 bits per heavy atom. The number of rotatable bonds is 2. The smallest absolute Gasteiger partial charge is 0.158 e. The lowest BCUT2D eigenvalue weighted by Crippen LogP contribution is -1.84. The zero-order valence-corrected chi connectivity index (χ0v) is 8.99. The maximum atomic E-state index is 8.99. The number of thiazole rings is 1. The Balaban J connectivity index is 2.46. The standard InChI is InChI=1S/C10H9NOS2/c12-5-7-2-1-3-8(4-7)9-6-14-10(13)11-9/h1-4,6,12H,5H2,(H,11,13). The molecular weight excluding hydrogens is 214 g/mol. The maximum absolute atomic E-state index is 8.99. The van der Waals surface area contributed by atoms with E-state index in [1.54, 1.807) is 0 Å². The summed E-state index contributed by atoms with van der Waals surface area (Å²) in [6.07, 6.45) is 0. The highest BCUT2D eigenvalue weighted by Gasteiger charge is 1.99. The van der Waals surface area contributed by atoms with Crippen molar-refractivity contribution < 1.29 is 5.11 Å². The van der Waals surface area contributed by atoms with Crippen molar-refractivity contribution in [2.45, 2.75) is 6.61 Å². The zero-order valence-electron chi connectivity index (χ0n) is 7.36. The van der Waals surface area contributed by atoms with Crippen molar-refractivity contribution in [3.8, 4) is 11.3 Å². The van der Waals surface area contributed by atoms with Gasteiger partial charge in [0.05, 0.1) is 12.3 Å². The molecule has 0 saturated heterocycles. The van der Waals surface area contributed by atoms with Gasteiger partial charge >= 0.3 is 0 Å².